The van der Waals surface area contributed by atoms with Gasteiger partial charge in [-0.15, -0.1) is 0 Å². The van der Waals surface area contributed by atoms with Gasteiger partial charge in [0, 0.05) is 41.0 Å². The van der Waals surface area contributed by atoms with E-state index in [9.17, 15) is 9.59 Å². The van der Waals surface area contributed by atoms with Gasteiger partial charge in [0.1, 0.15) is 12.4 Å². The number of hydrogen-bond acceptors (Lipinski definition) is 9. The topological polar surface area (TPSA) is 92.3 Å². The maximum absolute atomic E-state index is 14.0. The smallest absolute Gasteiger partial charge is 0.336 e. The van der Waals surface area contributed by atoms with Gasteiger partial charge in [0.05, 0.1) is 34.0 Å². The van der Waals surface area contributed by atoms with Crippen molar-refractivity contribution >= 4 is 23.5 Å². The number of dihydropyridines is 1. The summed E-state index contributed by atoms with van der Waals surface area (Å²) in [6, 6.07) is 11.4. The number of carbonyl (C=O) groups excluding carboxylic acids is 2. The molecular weight excluding hydrogens is 530 g/mol. The fourth-order valence-electron chi connectivity index (χ4n) is 5.55. The van der Waals surface area contributed by atoms with Crippen LogP contribution in [0.1, 0.15) is 49.7 Å². The summed E-state index contributed by atoms with van der Waals surface area (Å²) < 4.78 is 28.1. The zero-order valence-electron chi connectivity index (χ0n) is 23.9. The quantitative estimate of drug-likeness (QED) is 0.284. The molecule has 4 rings (SSSR count). The summed E-state index contributed by atoms with van der Waals surface area (Å²) in [6.07, 6.45) is 0.880. The van der Waals surface area contributed by atoms with Gasteiger partial charge in [0.2, 0.25) is 5.75 Å². The van der Waals surface area contributed by atoms with E-state index in [4.69, 9.17) is 23.7 Å². The molecule has 1 N–H and O–H groups in total. The van der Waals surface area contributed by atoms with Gasteiger partial charge < -0.3 is 29.0 Å². The van der Waals surface area contributed by atoms with Crippen LogP contribution in [0.5, 0.6) is 23.0 Å². The second kappa shape index (κ2) is 13.2. The van der Waals surface area contributed by atoms with Crippen molar-refractivity contribution in [3.8, 4) is 23.0 Å². The van der Waals surface area contributed by atoms with Crippen LogP contribution in [0.3, 0.4) is 0 Å². The van der Waals surface area contributed by atoms with E-state index in [0.717, 1.165) is 22.8 Å². The molecule has 0 saturated carbocycles. The molecule has 1 aliphatic carbocycles. The average Bonchev–Trinajstić information content (AvgIpc) is 2.97. The normalized spacial score (nSPS) is 18.6. The second-order valence-electron chi connectivity index (χ2n) is 9.55. The molecule has 2 aromatic carbocycles. The lowest BCUT2D eigenvalue weighted by Gasteiger charge is -2.37. The third-order valence-corrected chi connectivity index (χ3v) is 8.18. The van der Waals surface area contributed by atoms with Gasteiger partial charge in [-0.2, -0.15) is 11.8 Å². The van der Waals surface area contributed by atoms with Crippen LogP contribution in [-0.2, 0) is 14.3 Å². The summed E-state index contributed by atoms with van der Waals surface area (Å²) in [5.74, 6) is 2.49. The summed E-state index contributed by atoms with van der Waals surface area (Å²) in [5.41, 5.74) is 4.07. The Bertz CT molecular complexity index is 1310. The van der Waals surface area contributed by atoms with Crippen LogP contribution in [0.15, 0.2) is 58.9 Å². The van der Waals surface area contributed by atoms with Gasteiger partial charge in [-0.05, 0) is 48.4 Å². The molecule has 0 aromatic heterocycles. The lowest BCUT2D eigenvalue weighted by Crippen LogP contribution is -2.36. The summed E-state index contributed by atoms with van der Waals surface area (Å²) >= 11 is 1.70. The molecule has 0 amide bonds. The van der Waals surface area contributed by atoms with E-state index in [1.165, 1.54) is 7.11 Å². The molecule has 40 heavy (non-hydrogen) atoms. The highest BCUT2D eigenvalue weighted by atomic mass is 32.2. The van der Waals surface area contributed by atoms with Crippen LogP contribution < -0.4 is 24.3 Å². The maximum atomic E-state index is 14.0. The van der Waals surface area contributed by atoms with E-state index in [0.29, 0.717) is 51.8 Å². The zero-order valence-corrected chi connectivity index (χ0v) is 24.7. The van der Waals surface area contributed by atoms with Crippen molar-refractivity contribution in [3.05, 3.63) is 70.1 Å². The van der Waals surface area contributed by atoms with Crippen LogP contribution in [0.4, 0.5) is 0 Å². The first-order valence-electron chi connectivity index (χ1n) is 13.3. The van der Waals surface area contributed by atoms with Gasteiger partial charge in [-0.1, -0.05) is 25.1 Å². The molecule has 0 radical (unpaired) electrons. The van der Waals surface area contributed by atoms with Crippen LogP contribution in [-0.4, -0.2) is 58.3 Å². The van der Waals surface area contributed by atoms with E-state index < -0.39 is 11.9 Å². The number of benzene rings is 2. The number of ketones is 1. The molecule has 0 bridgehead atoms. The molecule has 2 aromatic rings. The van der Waals surface area contributed by atoms with Crippen molar-refractivity contribution in [1.29, 1.82) is 0 Å². The van der Waals surface area contributed by atoms with E-state index in [1.807, 2.05) is 31.2 Å². The van der Waals surface area contributed by atoms with E-state index in [2.05, 4.69) is 12.2 Å². The highest BCUT2D eigenvalue weighted by Crippen LogP contribution is 2.49. The maximum Gasteiger partial charge on any atom is 0.336 e. The molecule has 0 spiro atoms. The molecule has 1 heterocycles. The highest BCUT2D eigenvalue weighted by Gasteiger charge is 2.42. The Hall–Kier alpha value is -3.59. The van der Waals surface area contributed by atoms with Gasteiger partial charge in [0.25, 0.3) is 0 Å². The Morgan fingerprint density at radius 2 is 1.65 bits per heavy atom. The van der Waals surface area contributed by atoms with Crippen molar-refractivity contribution in [2.24, 2.45) is 0 Å². The molecule has 0 fully saturated rings. The minimum atomic E-state index is -0.664. The monoisotopic (exact) mass is 567 g/mol. The van der Waals surface area contributed by atoms with Crippen molar-refractivity contribution in [3.63, 3.8) is 0 Å². The van der Waals surface area contributed by atoms with Crippen molar-refractivity contribution in [2.75, 3.05) is 46.6 Å². The number of Topliss-reactive ketones (excluding diaryl/α,β-unsaturated/α-hetero) is 1. The molecule has 9 heteroatoms. The fraction of sp³-hybridized carbons (Fsp3) is 0.419. The van der Waals surface area contributed by atoms with Crippen molar-refractivity contribution in [1.82, 2.24) is 5.32 Å². The number of esters is 1. The van der Waals surface area contributed by atoms with E-state index >= 15 is 0 Å². The van der Waals surface area contributed by atoms with E-state index in [-0.39, 0.29) is 24.7 Å². The number of ether oxygens (including phenoxy) is 5. The number of carbonyl (C=O) groups is 2. The first-order valence-corrected chi connectivity index (χ1v) is 14.5. The minimum Gasteiger partial charge on any atom is -0.496 e. The number of para-hydroxylation sites is 1. The Morgan fingerprint density at radius 3 is 2.27 bits per heavy atom. The summed E-state index contributed by atoms with van der Waals surface area (Å²) in [4.78, 5) is 27.6. The molecule has 214 valence electrons. The number of methoxy groups -OCH3 is 4. The molecule has 2 aliphatic rings. The molecule has 1 aliphatic heterocycles. The Kier molecular flexibility index (Phi) is 9.68. The zero-order chi connectivity index (χ0) is 28.8. The van der Waals surface area contributed by atoms with Gasteiger partial charge in [-0.25, -0.2) is 4.79 Å². The summed E-state index contributed by atoms with van der Waals surface area (Å²) in [7, 11) is 6.26. The Balaban J connectivity index is 1.83. The second-order valence-corrected chi connectivity index (χ2v) is 10.9. The predicted octanol–water partition coefficient (Wildman–Crippen LogP) is 5.38. The lowest BCUT2D eigenvalue weighted by molar-refractivity contribution is -0.138. The Morgan fingerprint density at radius 1 is 0.975 bits per heavy atom. The SMILES string of the molecule is CCSCCOC(=O)C1=C(C)NC2=C(C(=O)C[C@H](c3ccccc3OC)C2)[C@H]1c1cc(OC)c(OC)c(OC)c1. The van der Waals surface area contributed by atoms with E-state index in [1.54, 1.807) is 45.2 Å². The van der Waals surface area contributed by atoms with Crippen LogP contribution >= 0.6 is 11.8 Å². The summed E-state index contributed by atoms with van der Waals surface area (Å²) in [6.45, 7) is 4.20. The number of nitrogens with one attached hydrogen (secondary N) is 1. The van der Waals surface area contributed by atoms with Gasteiger partial charge in [-0.3, -0.25) is 4.79 Å². The van der Waals surface area contributed by atoms with Gasteiger partial charge >= 0.3 is 5.97 Å². The molecule has 8 nitrogen and oxygen atoms in total. The predicted molar refractivity (Wildman–Crippen MR) is 156 cm³/mol. The number of hydrogen-bond donors (Lipinski definition) is 1. The molecular formula is C31H37NO7S. The molecule has 0 saturated heterocycles. The third-order valence-electron chi connectivity index (χ3n) is 7.31. The molecule has 0 unspecified atom stereocenters. The van der Waals surface area contributed by atoms with Crippen molar-refractivity contribution in [2.45, 2.75) is 38.5 Å². The first kappa shape index (κ1) is 29.4. The third kappa shape index (κ3) is 5.80. The minimum absolute atomic E-state index is 0.0391. The number of rotatable bonds is 11. The van der Waals surface area contributed by atoms with Crippen LogP contribution in [0.25, 0.3) is 0 Å². The fourth-order valence-corrected chi connectivity index (χ4v) is 6.04. The summed E-state index contributed by atoms with van der Waals surface area (Å²) in [5, 5.41) is 3.40. The molecule has 2 atom stereocenters. The highest BCUT2D eigenvalue weighted by molar-refractivity contribution is 7.99. The standard InChI is InChI=1S/C31H37NO7S/c1-7-40-13-12-39-31(34)27-18(2)32-22-14-19(21-10-8-9-11-24(21)35-3)15-23(33)29(22)28(27)20-16-25(36-4)30(38-6)26(17-20)37-5/h8-11,16-17,19,28,32H,7,12-15H2,1-6H3/t19-,28+/m1/s1. The van der Waals surface area contributed by atoms with Crippen LogP contribution in [0, 0.1) is 0 Å². The van der Waals surface area contributed by atoms with Crippen molar-refractivity contribution < 1.29 is 33.3 Å². The Labute approximate surface area is 240 Å². The first-order chi connectivity index (χ1) is 19.4. The van der Waals surface area contributed by atoms with Crippen LogP contribution in [0.2, 0.25) is 0 Å². The lowest BCUT2D eigenvalue weighted by atomic mass is 9.71. The average molecular weight is 568 g/mol. The number of thioether (sulfide) groups is 1. The largest absolute Gasteiger partial charge is 0.496 e. The van der Waals surface area contributed by atoms with Gasteiger partial charge in [0.15, 0.2) is 17.3 Å². The number of allylic oxidation sites excluding steroid dienone is 3.